The van der Waals surface area contributed by atoms with Gasteiger partial charge in [-0.2, -0.15) is 4.52 Å². The highest BCUT2D eigenvalue weighted by atomic mass is 19.1. The number of halogens is 1. The van der Waals surface area contributed by atoms with Gasteiger partial charge in [-0.25, -0.2) is 4.39 Å². The van der Waals surface area contributed by atoms with Crippen LogP contribution in [0.2, 0.25) is 0 Å². The van der Waals surface area contributed by atoms with Gasteiger partial charge >= 0.3 is 0 Å². The van der Waals surface area contributed by atoms with Crippen LogP contribution in [-0.2, 0) is 6.54 Å². The molecular formula is C19H21FN6. The molecule has 4 rings (SSSR count). The van der Waals surface area contributed by atoms with Gasteiger partial charge in [0.05, 0.1) is 0 Å². The Bertz CT molecular complexity index is 896. The van der Waals surface area contributed by atoms with Gasteiger partial charge in [0.15, 0.2) is 5.65 Å². The number of hydrogen-bond donors (Lipinski definition) is 0. The van der Waals surface area contributed by atoms with Crippen LogP contribution in [0.1, 0.15) is 5.56 Å². The van der Waals surface area contributed by atoms with Crippen LogP contribution in [0.3, 0.4) is 0 Å². The maximum absolute atomic E-state index is 13.2. The Hall–Kier alpha value is -2.64. The van der Waals surface area contributed by atoms with E-state index in [0.717, 1.165) is 61.6 Å². The molecular weight excluding hydrogens is 331 g/mol. The van der Waals surface area contributed by atoms with Crippen LogP contribution in [0, 0.1) is 5.82 Å². The van der Waals surface area contributed by atoms with Crippen molar-refractivity contribution >= 4 is 5.65 Å². The predicted octanol–water partition coefficient (Wildman–Crippen LogP) is 2.23. The highest BCUT2D eigenvalue weighted by Gasteiger charge is 2.18. The van der Waals surface area contributed by atoms with E-state index in [1.165, 1.54) is 12.1 Å². The number of pyridine rings is 1. The quantitative estimate of drug-likeness (QED) is 0.659. The third-order valence-electron chi connectivity index (χ3n) is 4.79. The maximum Gasteiger partial charge on any atom is 0.183 e. The van der Waals surface area contributed by atoms with E-state index in [1.807, 2.05) is 12.3 Å². The Morgan fingerprint density at radius 3 is 2.50 bits per heavy atom. The summed E-state index contributed by atoms with van der Waals surface area (Å²) in [6, 6.07) is 8.60. The molecule has 3 aromatic rings. The number of aromatic nitrogens is 4. The minimum Gasteiger partial charge on any atom is -0.297 e. The minimum absolute atomic E-state index is 0.241. The SMILES string of the molecule is C=CCN1CCN(Cc2cc(-c3ccc(F)cc3)cn3nnnc23)CC1. The van der Waals surface area contributed by atoms with Crippen LogP contribution in [0.5, 0.6) is 0 Å². The topological polar surface area (TPSA) is 49.6 Å². The zero-order valence-corrected chi connectivity index (χ0v) is 14.6. The maximum atomic E-state index is 13.2. The van der Waals surface area contributed by atoms with Crippen LogP contribution >= 0.6 is 0 Å². The number of rotatable bonds is 5. The summed E-state index contributed by atoms with van der Waals surface area (Å²) in [5.74, 6) is -0.241. The number of hydrogen-bond acceptors (Lipinski definition) is 5. The lowest BCUT2D eigenvalue weighted by Gasteiger charge is -2.34. The first-order valence-corrected chi connectivity index (χ1v) is 8.75. The first-order valence-electron chi connectivity index (χ1n) is 8.75. The van der Waals surface area contributed by atoms with Crippen molar-refractivity contribution in [1.82, 2.24) is 29.8 Å². The van der Waals surface area contributed by atoms with Crippen LogP contribution in [0.15, 0.2) is 49.2 Å². The summed E-state index contributed by atoms with van der Waals surface area (Å²) in [7, 11) is 0. The largest absolute Gasteiger partial charge is 0.297 e. The van der Waals surface area contributed by atoms with Gasteiger partial charge in [0.1, 0.15) is 5.82 Å². The Morgan fingerprint density at radius 1 is 1.04 bits per heavy atom. The van der Waals surface area contributed by atoms with Gasteiger partial charge in [-0.3, -0.25) is 9.80 Å². The summed E-state index contributed by atoms with van der Waals surface area (Å²) in [5, 5.41) is 12.0. The molecule has 0 aliphatic carbocycles. The lowest BCUT2D eigenvalue weighted by atomic mass is 10.1. The second kappa shape index (κ2) is 7.31. The van der Waals surface area contributed by atoms with E-state index >= 15 is 0 Å². The zero-order valence-electron chi connectivity index (χ0n) is 14.6. The molecule has 0 saturated carbocycles. The van der Waals surface area contributed by atoms with Crippen molar-refractivity contribution in [2.45, 2.75) is 6.54 Å². The summed E-state index contributed by atoms with van der Waals surface area (Å²) >= 11 is 0. The molecule has 0 radical (unpaired) electrons. The van der Waals surface area contributed by atoms with Crippen LogP contribution in [0.25, 0.3) is 16.8 Å². The molecule has 3 heterocycles. The van der Waals surface area contributed by atoms with Gasteiger partial charge in [0.25, 0.3) is 0 Å². The molecule has 0 unspecified atom stereocenters. The molecule has 2 aromatic heterocycles. The molecule has 1 aromatic carbocycles. The van der Waals surface area contributed by atoms with Crippen LogP contribution in [-0.4, -0.2) is 62.6 Å². The Kier molecular flexibility index (Phi) is 4.73. The molecule has 1 fully saturated rings. The molecule has 0 atom stereocenters. The second-order valence-electron chi connectivity index (χ2n) is 6.57. The highest BCUT2D eigenvalue weighted by molar-refractivity contribution is 5.66. The van der Waals surface area contributed by atoms with Crippen molar-refractivity contribution in [3.63, 3.8) is 0 Å². The summed E-state index contributed by atoms with van der Waals surface area (Å²) in [6.07, 6.45) is 3.83. The fraction of sp³-hybridized carbons (Fsp3) is 0.316. The smallest absolute Gasteiger partial charge is 0.183 e. The fourth-order valence-electron chi connectivity index (χ4n) is 3.38. The standard InChI is InChI=1S/C19H21FN6/c1-2-7-24-8-10-25(11-9-24)13-17-12-16(14-26-19(17)21-22-23-26)15-3-5-18(20)6-4-15/h2-6,12,14H,1,7-11,13H2. The van der Waals surface area contributed by atoms with Crippen molar-refractivity contribution in [2.24, 2.45) is 0 Å². The van der Waals surface area contributed by atoms with Gasteiger partial charge in [0, 0.05) is 56.6 Å². The molecule has 0 bridgehead atoms. The van der Waals surface area contributed by atoms with Gasteiger partial charge in [0.2, 0.25) is 0 Å². The Morgan fingerprint density at radius 2 is 1.77 bits per heavy atom. The second-order valence-corrected chi connectivity index (χ2v) is 6.57. The van der Waals surface area contributed by atoms with E-state index in [1.54, 1.807) is 16.6 Å². The van der Waals surface area contributed by atoms with E-state index < -0.39 is 0 Å². The molecule has 134 valence electrons. The van der Waals surface area contributed by atoms with Gasteiger partial charge in [-0.15, -0.1) is 11.7 Å². The van der Waals surface area contributed by atoms with E-state index in [0.29, 0.717) is 0 Å². The van der Waals surface area contributed by atoms with Gasteiger partial charge in [-0.1, -0.05) is 18.2 Å². The van der Waals surface area contributed by atoms with Crippen LogP contribution < -0.4 is 0 Å². The highest BCUT2D eigenvalue weighted by Crippen LogP contribution is 2.23. The predicted molar refractivity (Wildman–Crippen MR) is 98.1 cm³/mol. The summed E-state index contributed by atoms with van der Waals surface area (Å²) in [5.41, 5.74) is 3.77. The van der Waals surface area contributed by atoms with E-state index in [4.69, 9.17) is 0 Å². The van der Waals surface area contributed by atoms with Crippen molar-refractivity contribution in [1.29, 1.82) is 0 Å². The zero-order chi connectivity index (χ0) is 17.9. The van der Waals surface area contributed by atoms with E-state index in [2.05, 4.69) is 38.0 Å². The van der Waals surface area contributed by atoms with Crippen LogP contribution in [0.4, 0.5) is 4.39 Å². The molecule has 1 aliphatic heterocycles. The molecule has 0 amide bonds. The Balaban J connectivity index is 1.59. The van der Waals surface area contributed by atoms with Crippen molar-refractivity contribution in [3.8, 4) is 11.1 Å². The molecule has 7 heteroatoms. The number of piperazine rings is 1. The lowest BCUT2D eigenvalue weighted by Crippen LogP contribution is -2.45. The summed E-state index contributed by atoms with van der Waals surface area (Å²) in [6.45, 7) is 9.61. The van der Waals surface area contributed by atoms with E-state index in [9.17, 15) is 4.39 Å². The number of fused-ring (bicyclic) bond motifs is 1. The molecule has 6 nitrogen and oxygen atoms in total. The average molecular weight is 352 g/mol. The third-order valence-corrected chi connectivity index (χ3v) is 4.79. The van der Waals surface area contributed by atoms with Gasteiger partial charge < -0.3 is 0 Å². The molecule has 0 spiro atoms. The van der Waals surface area contributed by atoms with Crippen molar-refractivity contribution in [2.75, 3.05) is 32.7 Å². The first kappa shape index (κ1) is 16.8. The van der Waals surface area contributed by atoms with Crippen molar-refractivity contribution < 1.29 is 4.39 Å². The number of tetrazole rings is 1. The monoisotopic (exact) mass is 352 g/mol. The molecule has 0 N–H and O–H groups in total. The Labute approximate surface area is 151 Å². The first-order chi connectivity index (χ1) is 12.7. The number of nitrogens with zero attached hydrogens (tertiary/aromatic N) is 6. The number of benzene rings is 1. The average Bonchev–Trinajstić information content (AvgIpc) is 3.13. The minimum atomic E-state index is -0.241. The third kappa shape index (κ3) is 3.49. The van der Waals surface area contributed by atoms with E-state index in [-0.39, 0.29) is 5.82 Å². The normalized spacial score (nSPS) is 16.2. The lowest BCUT2D eigenvalue weighted by molar-refractivity contribution is 0.137. The van der Waals surface area contributed by atoms with Crippen molar-refractivity contribution in [3.05, 3.63) is 60.6 Å². The molecule has 26 heavy (non-hydrogen) atoms. The fourth-order valence-corrected chi connectivity index (χ4v) is 3.38. The summed E-state index contributed by atoms with van der Waals surface area (Å²) < 4.78 is 14.9. The molecule has 1 saturated heterocycles. The molecule has 1 aliphatic rings. The summed E-state index contributed by atoms with van der Waals surface area (Å²) in [4.78, 5) is 4.81. The van der Waals surface area contributed by atoms with Gasteiger partial charge in [-0.05, 0) is 34.2 Å².